The van der Waals surface area contributed by atoms with E-state index in [1.165, 1.54) is 0 Å². The zero-order valence-electron chi connectivity index (χ0n) is 12.4. The van der Waals surface area contributed by atoms with Crippen molar-refractivity contribution in [2.45, 2.75) is 32.7 Å². The standard InChI is InChI=1S/C15H24FN3/c1-15(2,3)12-9-13(16)14(17-10-12)11-19-7-5-18(4)6-8-19/h9-10H,5-8,11H2,1-4H3. The van der Waals surface area contributed by atoms with Crippen LogP contribution in [-0.4, -0.2) is 48.0 Å². The Morgan fingerprint density at radius 3 is 2.37 bits per heavy atom. The second-order valence-corrected chi connectivity index (χ2v) is 6.48. The normalized spacial score (nSPS) is 18.8. The molecule has 0 bridgehead atoms. The summed E-state index contributed by atoms with van der Waals surface area (Å²) in [6.45, 7) is 10.9. The summed E-state index contributed by atoms with van der Waals surface area (Å²) in [7, 11) is 2.12. The minimum absolute atomic E-state index is 0.0554. The van der Waals surface area contributed by atoms with Gasteiger partial charge in [-0.2, -0.15) is 0 Å². The second kappa shape index (κ2) is 5.55. The van der Waals surface area contributed by atoms with Crippen molar-refractivity contribution < 1.29 is 4.39 Å². The summed E-state index contributed by atoms with van der Waals surface area (Å²) in [5, 5.41) is 0. The highest BCUT2D eigenvalue weighted by Crippen LogP contribution is 2.23. The van der Waals surface area contributed by atoms with Crippen molar-refractivity contribution in [2.75, 3.05) is 33.2 Å². The molecule has 0 aliphatic carbocycles. The minimum Gasteiger partial charge on any atom is -0.304 e. The topological polar surface area (TPSA) is 19.4 Å². The van der Waals surface area contributed by atoms with Crippen LogP contribution in [0.4, 0.5) is 4.39 Å². The number of aromatic nitrogens is 1. The van der Waals surface area contributed by atoms with Gasteiger partial charge >= 0.3 is 0 Å². The van der Waals surface area contributed by atoms with Crippen molar-refractivity contribution in [3.8, 4) is 0 Å². The zero-order chi connectivity index (χ0) is 14.0. The van der Waals surface area contributed by atoms with Gasteiger partial charge in [0.25, 0.3) is 0 Å². The first-order chi connectivity index (χ1) is 8.86. The lowest BCUT2D eigenvalue weighted by molar-refractivity contribution is 0.145. The molecule has 0 atom stereocenters. The summed E-state index contributed by atoms with van der Waals surface area (Å²) in [6, 6.07) is 1.64. The molecular formula is C15H24FN3. The molecule has 3 nitrogen and oxygen atoms in total. The molecule has 0 N–H and O–H groups in total. The summed E-state index contributed by atoms with van der Waals surface area (Å²) < 4.78 is 14.1. The maximum Gasteiger partial charge on any atom is 0.146 e. The van der Waals surface area contributed by atoms with Gasteiger partial charge < -0.3 is 4.90 Å². The third kappa shape index (κ3) is 3.74. The molecule has 0 unspecified atom stereocenters. The molecule has 0 spiro atoms. The maximum atomic E-state index is 14.1. The number of likely N-dealkylation sites (N-methyl/N-ethyl adjacent to an activating group) is 1. The zero-order valence-corrected chi connectivity index (χ0v) is 12.4. The van der Waals surface area contributed by atoms with E-state index in [4.69, 9.17) is 0 Å². The molecule has 0 radical (unpaired) electrons. The van der Waals surface area contributed by atoms with E-state index in [2.05, 4.69) is 42.6 Å². The Bertz CT molecular complexity index is 432. The predicted octanol–water partition coefficient (Wildman–Crippen LogP) is 2.27. The van der Waals surface area contributed by atoms with E-state index in [-0.39, 0.29) is 11.2 Å². The van der Waals surface area contributed by atoms with Crippen LogP contribution in [0.5, 0.6) is 0 Å². The van der Waals surface area contributed by atoms with Crippen LogP contribution >= 0.6 is 0 Å². The summed E-state index contributed by atoms with van der Waals surface area (Å²) in [6.07, 6.45) is 1.81. The summed E-state index contributed by atoms with van der Waals surface area (Å²) in [5.41, 5.74) is 1.46. The van der Waals surface area contributed by atoms with Crippen LogP contribution < -0.4 is 0 Å². The molecule has 1 aromatic rings. The lowest BCUT2D eigenvalue weighted by Crippen LogP contribution is -2.44. The Balaban J connectivity index is 2.05. The number of rotatable bonds is 2. The molecule has 2 rings (SSSR count). The monoisotopic (exact) mass is 265 g/mol. The molecule has 4 heteroatoms. The van der Waals surface area contributed by atoms with E-state index in [0.29, 0.717) is 12.2 Å². The van der Waals surface area contributed by atoms with E-state index >= 15 is 0 Å². The fraction of sp³-hybridized carbons (Fsp3) is 0.667. The Hall–Kier alpha value is -1.00. The lowest BCUT2D eigenvalue weighted by Gasteiger charge is -2.32. The van der Waals surface area contributed by atoms with Gasteiger partial charge in [-0.1, -0.05) is 20.8 Å². The quantitative estimate of drug-likeness (QED) is 0.817. The van der Waals surface area contributed by atoms with Crippen molar-refractivity contribution >= 4 is 0 Å². The summed E-state index contributed by atoms with van der Waals surface area (Å²) in [5.74, 6) is -0.175. The van der Waals surface area contributed by atoms with Gasteiger partial charge in [-0.05, 0) is 24.1 Å². The van der Waals surface area contributed by atoms with Crippen molar-refractivity contribution in [3.63, 3.8) is 0 Å². The van der Waals surface area contributed by atoms with Gasteiger partial charge in [0.1, 0.15) is 5.82 Å². The Kier molecular flexibility index (Phi) is 4.21. The number of piperazine rings is 1. The number of pyridine rings is 1. The summed E-state index contributed by atoms with van der Waals surface area (Å²) in [4.78, 5) is 8.89. The number of halogens is 1. The van der Waals surface area contributed by atoms with Gasteiger partial charge in [0.15, 0.2) is 0 Å². The van der Waals surface area contributed by atoms with E-state index in [9.17, 15) is 4.39 Å². The number of nitrogens with zero attached hydrogens (tertiary/aromatic N) is 3. The van der Waals surface area contributed by atoms with Crippen molar-refractivity contribution in [1.82, 2.24) is 14.8 Å². The van der Waals surface area contributed by atoms with Crippen LogP contribution in [0.25, 0.3) is 0 Å². The van der Waals surface area contributed by atoms with Gasteiger partial charge in [0, 0.05) is 38.9 Å². The third-order valence-electron chi connectivity index (χ3n) is 3.75. The molecule has 0 saturated carbocycles. The molecule has 1 aromatic heterocycles. The average Bonchev–Trinajstić information content (AvgIpc) is 2.33. The Morgan fingerprint density at radius 1 is 1.21 bits per heavy atom. The fourth-order valence-electron chi connectivity index (χ4n) is 2.21. The van der Waals surface area contributed by atoms with E-state index in [1.54, 1.807) is 6.07 Å². The van der Waals surface area contributed by atoms with E-state index in [0.717, 1.165) is 31.7 Å². The highest BCUT2D eigenvalue weighted by atomic mass is 19.1. The first kappa shape index (κ1) is 14.4. The first-order valence-corrected chi connectivity index (χ1v) is 6.92. The molecule has 1 fully saturated rings. The summed E-state index contributed by atoms with van der Waals surface area (Å²) >= 11 is 0. The molecule has 2 heterocycles. The van der Waals surface area contributed by atoms with Crippen molar-refractivity contribution in [1.29, 1.82) is 0 Å². The molecular weight excluding hydrogens is 241 g/mol. The van der Waals surface area contributed by atoms with E-state index in [1.807, 2.05) is 6.20 Å². The Labute approximate surface area is 115 Å². The van der Waals surface area contributed by atoms with Crippen molar-refractivity contribution in [2.24, 2.45) is 0 Å². The Morgan fingerprint density at radius 2 is 1.84 bits per heavy atom. The average molecular weight is 265 g/mol. The van der Waals surface area contributed by atoms with Gasteiger partial charge in [-0.3, -0.25) is 9.88 Å². The van der Waals surface area contributed by atoms with Crippen LogP contribution in [0.1, 0.15) is 32.0 Å². The SMILES string of the molecule is CN1CCN(Cc2ncc(C(C)(C)C)cc2F)CC1. The van der Waals surface area contributed by atoms with Crippen LogP contribution in [0.3, 0.4) is 0 Å². The van der Waals surface area contributed by atoms with Crippen LogP contribution in [0.15, 0.2) is 12.3 Å². The smallest absolute Gasteiger partial charge is 0.146 e. The van der Waals surface area contributed by atoms with Gasteiger partial charge in [0.05, 0.1) is 5.69 Å². The fourth-order valence-corrected chi connectivity index (χ4v) is 2.21. The van der Waals surface area contributed by atoms with Crippen molar-refractivity contribution in [3.05, 3.63) is 29.3 Å². The van der Waals surface area contributed by atoms with Crippen LogP contribution in [0, 0.1) is 5.82 Å². The molecule has 0 aromatic carbocycles. The van der Waals surface area contributed by atoms with E-state index < -0.39 is 0 Å². The van der Waals surface area contributed by atoms with Crippen LogP contribution in [0.2, 0.25) is 0 Å². The molecule has 1 aliphatic heterocycles. The maximum absolute atomic E-state index is 14.1. The van der Waals surface area contributed by atoms with Gasteiger partial charge in [-0.25, -0.2) is 4.39 Å². The lowest BCUT2D eigenvalue weighted by atomic mass is 9.88. The predicted molar refractivity (Wildman–Crippen MR) is 75.7 cm³/mol. The number of hydrogen-bond acceptors (Lipinski definition) is 3. The molecule has 1 aliphatic rings. The highest BCUT2D eigenvalue weighted by molar-refractivity contribution is 5.22. The van der Waals surface area contributed by atoms with Crippen LogP contribution in [-0.2, 0) is 12.0 Å². The van der Waals surface area contributed by atoms with Gasteiger partial charge in [0.2, 0.25) is 0 Å². The second-order valence-electron chi connectivity index (χ2n) is 6.48. The molecule has 1 saturated heterocycles. The minimum atomic E-state index is -0.175. The third-order valence-corrected chi connectivity index (χ3v) is 3.75. The molecule has 19 heavy (non-hydrogen) atoms. The number of hydrogen-bond donors (Lipinski definition) is 0. The molecule has 106 valence electrons. The highest BCUT2D eigenvalue weighted by Gasteiger charge is 2.19. The first-order valence-electron chi connectivity index (χ1n) is 6.92. The largest absolute Gasteiger partial charge is 0.304 e. The molecule has 0 amide bonds. The van der Waals surface area contributed by atoms with Gasteiger partial charge in [-0.15, -0.1) is 0 Å².